The number of carbonyl (C=O) groups is 1. The smallest absolute Gasteiger partial charge is 0.267 e. The molecule has 0 unspecified atom stereocenters. The minimum atomic E-state index is -0.126. The van der Waals surface area contributed by atoms with Crippen molar-refractivity contribution in [3.63, 3.8) is 0 Å². The van der Waals surface area contributed by atoms with E-state index in [-0.39, 0.29) is 5.91 Å². The molecule has 0 N–H and O–H groups in total. The molecule has 0 saturated carbocycles. The average molecular weight is 263 g/mol. The number of rotatable bonds is 2. The van der Waals surface area contributed by atoms with Crippen LogP contribution >= 0.6 is 0 Å². The van der Waals surface area contributed by atoms with Gasteiger partial charge in [0, 0.05) is 6.20 Å². The van der Waals surface area contributed by atoms with Gasteiger partial charge in [-0.3, -0.25) is 9.78 Å². The zero-order valence-corrected chi connectivity index (χ0v) is 11.0. The maximum absolute atomic E-state index is 12.4. The van der Waals surface area contributed by atoms with E-state index in [9.17, 15) is 4.79 Å². The number of hydrogen-bond donors (Lipinski definition) is 0. The van der Waals surface area contributed by atoms with Gasteiger partial charge in [0.1, 0.15) is 0 Å². The molecule has 0 fully saturated rings. The summed E-state index contributed by atoms with van der Waals surface area (Å²) in [5, 5.41) is 5.74. The first-order valence-corrected chi connectivity index (χ1v) is 6.33. The molecule has 1 amide bonds. The Bertz CT molecular complexity index is 690. The van der Waals surface area contributed by atoms with Crippen LogP contribution in [0.25, 0.3) is 6.08 Å². The van der Waals surface area contributed by atoms with Crippen molar-refractivity contribution >= 4 is 23.4 Å². The van der Waals surface area contributed by atoms with Gasteiger partial charge in [-0.15, -0.1) is 0 Å². The number of carbonyl (C=O) groups excluding carboxylic acids is 1. The van der Waals surface area contributed by atoms with Crippen molar-refractivity contribution in [1.82, 2.24) is 4.98 Å². The molecule has 2 heterocycles. The lowest BCUT2D eigenvalue weighted by atomic mass is 10.1. The van der Waals surface area contributed by atoms with Crippen molar-refractivity contribution in [3.05, 3.63) is 66.0 Å². The van der Waals surface area contributed by atoms with Crippen LogP contribution in [0.5, 0.6) is 0 Å². The van der Waals surface area contributed by atoms with E-state index in [0.29, 0.717) is 11.3 Å². The lowest BCUT2D eigenvalue weighted by molar-refractivity contribution is -0.114. The highest BCUT2D eigenvalue weighted by atomic mass is 16.2. The molecular weight excluding hydrogens is 250 g/mol. The summed E-state index contributed by atoms with van der Waals surface area (Å²) in [5.41, 5.74) is 2.79. The molecule has 1 aromatic carbocycles. The molecule has 4 heteroatoms. The van der Waals surface area contributed by atoms with Crippen molar-refractivity contribution in [2.75, 3.05) is 5.01 Å². The Labute approximate surface area is 117 Å². The second-order valence-corrected chi connectivity index (χ2v) is 4.45. The van der Waals surface area contributed by atoms with Crippen LogP contribution in [0.15, 0.2) is 65.4 Å². The molecule has 0 bridgehead atoms. The van der Waals surface area contributed by atoms with E-state index in [1.807, 2.05) is 55.5 Å². The Morgan fingerprint density at radius 3 is 2.50 bits per heavy atom. The second kappa shape index (κ2) is 5.09. The fourth-order valence-corrected chi connectivity index (χ4v) is 2.04. The first-order chi connectivity index (χ1) is 9.75. The van der Waals surface area contributed by atoms with Gasteiger partial charge in [-0.2, -0.15) is 10.1 Å². The number of pyridine rings is 1. The van der Waals surface area contributed by atoms with Crippen LogP contribution in [-0.2, 0) is 4.79 Å². The van der Waals surface area contributed by atoms with Crippen LogP contribution in [0.3, 0.4) is 0 Å². The van der Waals surface area contributed by atoms with Crippen LogP contribution < -0.4 is 5.01 Å². The van der Waals surface area contributed by atoms with Crippen LogP contribution in [0.2, 0.25) is 0 Å². The third-order valence-electron chi connectivity index (χ3n) is 3.04. The van der Waals surface area contributed by atoms with Gasteiger partial charge in [-0.25, -0.2) is 0 Å². The van der Waals surface area contributed by atoms with Crippen molar-refractivity contribution in [1.29, 1.82) is 0 Å². The first kappa shape index (κ1) is 12.3. The van der Waals surface area contributed by atoms with E-state index in [0.717, 1.165) is 11.4 Å². The predicted molar refractivity (Wildman–Crippen MR) is 79.3 cm³/mol. The zero-order chi connectivity index (χ0) is 13.9. The van der Waals surface area contributed by atoms with Crippen LogP contribution in [0, 0.1) is 0 Å². The van der Waals surface area contributed by atoms with Crippen LogP contribution in [0.4, 0.5) is 5.69 Å². The quantitative estimate of drug-likeness (QED) is 0.782. The van der Waals surface area contributed by atoms with Gasteiger partial charge < -0.3 is 0 Å². The third-order valence-corrected chi connectivity index (χ3v) is 3.04. The summed E-state index contributed by atoms with van der Waals surface area (Å²) in [6.45, 7) is 1.83. The van der Waals surface area contributed by atoms with Gasteiger partial charge >= 0.3 is 0 Å². The largest absolute Gasteiger partial charge is 0.280 e. The Hall–Kier alpha value is -2.75. The van der Waals surface area contributed by atoms with E-state index in [2.05, 4.69) is 10.1 Å². The number of amides is 1. The van der Waals surface area contributed by atoms with Gasteiger partial charge in [-0.1, -0.05) is 24.3 Å². The molecular formula is C16H13N3O. The van der Waals surface area contributed by atoms with Gasteiger partial charge in [-0.05, 0) is 37.3 Å². The monoisotopic (exact) mass is 263 g/mol. The lowest BCUT2D eigenvalue weighted by Crippen LogP contribution is -2.21. The van der Waals surface area contributed by atoms with E-state index in [1.54, 1.807) is 12.3 Å². The summed E-state index contributed by atoms with van der Waals surface area (Å²) in [5.74, 6) is -0.126. The number of hydrogen-bond acceptors (Lipinski definition) is 3. The van der Waals surface area contributed by atoms with Crippen LogP contribution in [-0.4, -0.2) is 16.6 Å². The summed E-state index contributed by atoms with van der Waals surface area (Å²) < 4.78 is 0. The first-order valence-electron chi connectivity index (χ1n) is 6.33. The normalized spacial score (nSPS) is 16.6. The van der Waals surface area contributed by atoms with Gasteiger partial charge in [0.25, 0.3) is 5.91 Å². The number of nitrogens with zero attached hydrogens (tertiary/aromatic N) is 3. The SMILES string of the molecule is CC1=NN(c2ccccc2)C(=O)/C1=C\c1ccccn1. The van der Waals surface area contributed by atoms with Crippen molar-refractivity contribution in [2.24, 2.45) is 5.10 Å². The van der Waals surface area contributed by atoms with E-state index in [4.69, 9.17) is 0 Å². The highest BCUT2D eigenvalue weighted by Crippen LogP contribution is 2.24. The maximum Gasteiger partial charge on any atom is 0.280 e. The lowest BCUT2D eigenvalue weighted by Gasteiger charge is -2.10. The third kappa shape index (κ3) is 2.23. The average Bonchev–Trinajstić information content (AvgIpc) is 2.77. The Balaban J connectivity index is 1.96. The summed E-state index contributed by atoms with van der Waals surface area (Å²) in [6, 6.07) is 15.0. The predicted octanol–water partition coefficient (Wildman–Crippen LogP) is 2.89. The molecule has 1 aromatic heterocycles. The van der Waals surface area contributed by atoms with Crippen molar-refractivity contribution in [3.8, 4) is 0 Å². The molecule has 1 aliphatic rings. The molecule has 3 rings (SSSR count). The Kier molecular flexibility index (Phi) is 3.13. The maximum atomic E-state index is 12.4. The number of anilines is 1. The summed E-state index contributed by atoms with van der Waals surface area (Å²) >= 11 is 0. The molecule has 0 saturated heterocycles. The molecule has 2 aromatic rings. The van der Waals surface area contributed by atoms with E-state index >= 15 is 0 Å². The number of aromatic nitrogens is 1. The van der Waals surface area contributed by atoms with Crippen molar-refractivity contribution < 1.29 is 4.79 Å². The number of para-hydroxylation sites is 1. The number of hydrazone groups is 1. The van der Waals surface area contributed by atoms with E-state index < -0.39 is 0 Å². The highest BCUT2D eigenvalue weighted by molar-refractivity contribution is 6.32. The standard InChI is InChI=1S/C16H13N3O/c1-12-15(11-13-7-5-6-10-17-13)16(20)19(18-12)14-8-3-2-4-9-14/h2-11H,1H3/b15-11-. The molecule has 4 nitrogen and oxygen atoms in total. The topological polar surface area (TPSA) is 45.6 Å². The second-order valence-electron chi connectivity index (χ2n) is 4.45. The summed E-state index contributed by atoms with van der Waals surface area (Å²) in [7, 11) is 0. The van der Waals surface area contributed by atoms with Crippen molar-refractivity contribution in [2.45, 2.75) is 6.92 Å². The fourth-order valence-electron chi connectivity index (χ4n) is 2.04. The fraction of sp³-hybridized carbons (Fsp3) is 0.0625. The summed E-state index contributed by atoms with van der Waals surface area (Å²) in [6.07, 6.45) is 3.47. The molecule has 98 valence electrons. The molecule has 20 heavy (non-hydrogen) atoms. The van der Waals surface area contributed by atoms with Gasteiger partial charge in [0.15, 0.2) is 0 Å². The Morgan fingerprint density at radius 2 is 1.80 bits per heavy atom. The Morgan fingerprint density at radius 1 is 1.05 bits per heavy atom. The highest BCUT2D eigenvalue weighted by Gasteiger charge is 2.28. The zero-order valence-electron chi connectivity index (χ0n) is 11.0. The molecule has 1 aliphatic heterocycles. The minimum absolute atomic E-state index is 0.126. The van der Waals surface area contributed by atoms with E-state index in [1.165, 1.54) is 5.01 Å². The minimum Gasteiger partial charge on any atom is -0.267 e. The van der Waals surface area contributed by atoms with Gasteiger partial charge in [0.2, 0.25) is 0 Å². The molecule has 0 radical (unpaired) electrons. The summed E-state index contributed by atoms with van der Waals surface area (Å²) in [4.78, 5) is 16.6. The van der Waals surface area contributed by atoms with Crippen LogP contribution in [0.1, 0.15) is 12.6 Å². The molecule has 0 aliphatic carbocycles. The number of benzene rings is 1. The van der Waals surface area contributed by atoms with Gasteiger partial charge in [0.05, 0.1) is 22.7 Å². The molecule has 0 spiro atoms. The molecule has 0 atom stereocenters.